The number of nitrogens with one attached hydrogen (secondary N) is 1. The highest BCUT2D eigenvalue weighted by atomic mass is 16.5. The zero-order valence-electron chi connectivity index (χ0n) is 11.9. The van der Waals surface area contributed by atoms with Crippen LogP contribution < -0.4 is 5.32 Å². The lowest BCUT2D eigenvalue weighted by molar-refractivity contribution is 0.0562. The van der Waals surface area contributed by atoms with Gasteiger partial charge >= 0.3 is 5.97 Å². The molecule has 1 aromatic heterocycles. The van der Waals surface area contributed by atoms with Gasteiger partial charge in [0.2, 0.25) is 5.76 Å². The normalized spacial score (nSPS) is 27.2. The van der Waals surface area contributed by atoms with Gasteiger partial charge in [-0.15, -0.1) is 0 Å². The van der Waals surface area contributed by atoms with Crippen molar-refractivity contribution in [3.63, 3.8) is 0 Å². The number of ether oxygens (including phenoxy) is 1. The second-order valence-electron chi connectivity index (χ2n) is 5.60. The minimum atomic E-state index is -0.425. The van der Waals surface area contributed by atoms with Crippen LogP contribution in [0, 0.1) is 11.8 Å². The summed E-state index contributed by atoms with van der Waals surface area (Å²) in [6.07, 6.45) is 3.71. The van der Waals surface area contributed by atoms with E-state index in [2.05, 4.69) is 23.9 Å². The van der Waals surface area contributed by atoms with Crippen molar-refractivity contribution in [2.24, 2.45) is 11.8 Å². The number of carbonyl (C=O) groups is 1. The Bertz CT molecular complexity index is 427. The Balaban J connectivity index is 1.82. The number of furan rings is 1. The van der Waals surface area contributed by atoms with Crippen molar-refractivity contribution in [2.45, 2.75) is 45.7 Å². The molecule has 3 unspecified atom stereocenters. The predicted molar refractivity (Wildman–Crippen MR) is 72.9 cm³/mol. The molecule has 1 aliphatic carbocycles. The molecule has 1 saturated carbocycles. The molecule has 0 saturated heterocycles. The lowest BCUT2D eigenvalue weighted by Crippen LogP contribution is -2.35. The number of methoxy groups -OCH3 is 1. The third-order valence-electron chi connectivity index (χ3n) is 4.21. The Morgan fingerprint density at radius 2 is 2.16 bits per heavy atom. The molecule has 106 valence electrons. The molecular formula is C15H23NO3. The molecule has 1 aliphatic rings. The van der Waals surface area contributed by atoms with Gasteiger partial charge in [0.05, 0.1) is 13.7 Å². The molecular weight excluding hydrogens is 242 g/mol. The van der Waals surface area contributed by atoms with E-state index in [4.69, 9.17) is 4.42 Å². The van der Waals surface area contributed by atoms with Crippen molar-refractivity contribution >= 4 is 5.97 Å². The standard InChI is InChI=1S/C15H23NO3/c1-10-4-5-12(8-11(10)2)16-9-13-6-7-14(19-13)15(17)18-3/h6-7,10-12,16H,4-5,8-9H2,1-3H3. The molecule has 0 spiro atoms. The van der Waals surface area contributed by atoms with Crippen molar-refractivity contribution in [2.75, 3.05) is 7.11 Å². The van der Waals surface area contributed by atoms with Gasteiger partial charge in [-0.1, -0.05) is 13.8 Å². The Hall–Kier alpha value is -1.29. The van der Waals surface area contributed by atoms with Crippen molar-refractivity contribution in [3.8, 4) is 0 Å². The molecule has 0 radical (unpaired) electrons. The van der Waals surface area contributed by atoms with Gasteiger partial charge < -0.3 is 14.5 Å². The summed E-state index contributed by atoms with van der Waals surface area (Å²) >= 11 is 0. The van der Waals surface area contributed by atoms with Crippen LogP contribution in [0.25, 0.3) is 0 Å². The molecule has 0 aliphatic heterocycles. The van der Waals surface area contributed by atoms with Gasteiger partial charge in [0.15, 0.2) is 0 Å². The topological polar surface area (TPSA) is 51.5 Å². The highest BCUT2D eigenvalue weighted by molar-refractivity contribution is 5.86. The Morgan fingerprint density at radius 3 is 2.84 bits per heavy atom. The lowest BCUT2D eigenvalue weighted by Gasteiger charge is -2.32. The predicted octanol–water partition coefficient (Wildman–Crippen LogP) is 2.98. The van der Waals surface area contributed by atoms with Crippen molar-refractivity contribution < 1.29 is 13.9 Å². The van der Waals surface area contributed by atoms with Crippen molar-refractivity contribution in [3.05, 3.63) is 23.7 Å². The molecule has 3 atom stereocenters. The van der Waals surface area contributed by atoms with Gasteiger partial charge in [-0.05, 0) is 43.2 Å². The highest BCUT2D eigenvalue weighted by Gasteiger charge is 2.24. The van der Waals surface area contributed by atoms with Crippen LogP contribution in [0.5, 0.6) is 0 Å². The van der Waals surface area contributed by atoms with Crippen LogP contribution in [0.1, 0.15) is 49.4 Å². The summed E-state index contributed by atoms with van der Waals surface area (Å²) in [5.74, 6) is 2.23. The molecule has 4 nitrogen and oxygen atoms in total. The van der Waals surface area contributed by atoms with Crippen LogP contribution in [-0.4, -0.2) is 19.1 Å². The number of hydrogen-bond donors (Lipinski definition) is 1. The summed E-state index contributed by atoms with van der Waals surface area (Å²) in [6, 6.07) is 4.04. The third-order valence-corrected chi connectivity index (χ3v) is 4.21. The zero-order chi connectivity index (χ0) is 13.8. The zero-order valence-corrected chi connectivity index (χ0v) is 11.9. The van der Waals surface area contributed by atoms with Crippen LogP contribution in [0.2, 0.25) is 0 Å². The van der Waals surface area contributed by atoms with E-state index in [1.807, 2.05) is 6.07 Å². The van der Waals surface area contributed by atoms with Gasteiger partial charge in [-0.25, -0.2) is 4.79 Å². The highest BCUT2D eigenvalue weighted by Crippen LogP contribution is 2.29. The maximum atomic E-state index is 11.3. The van der Waals surface area contributed by atoms with Crippen LogP contribution in [0.4, 0.5) is 0 Å². The molecule has 2 rings (SSSR count). The molecule has 0 bridgehead atoms. The summed E-state index contributed by atoms with van der Waals surface area (Å²) in [5, 5.41) is 3.51. The lowest BCUT2D eigenvalue weighted by atomic mass is 9.79. The molecule has 1 heterocycles. The van der Waals surface area contributed by atoms with Gasteiger partial charge in [0.25, 0.3) is 0 Å². The first-order valence-electron chi connectivity index (χ1n) is 7.00. The minimum Gasteiger partial charge on any atom is -0.463 e. The van der Waals surface area contributed by atoms with E-state index < -0.39 is 5.97 Å². The van der Waals surface area contributed by atoms with Crippen molar-refractivity contribution in [1.82, 2.24) is 5.32 Å². The van der Waals surface area contributed by atoms with Crippen LogP contribution in [-0.2, 0) is 11.3 Å². The Kier molecular flexibility index (Phi) is 4.64. The summed E-state index contributed by atoms with van der Waals surface area (Å²) in [6.45, 7) is 5.32. The number of esters is 1. The first-order valence-corrected chi connectivity index (χ1v) is 7.00. The summed E-state index contributed by atoms with van der Waals surface area (Å²) in [4.78, 5) is 11.3. The average molecular weight is 265 g/mol. The largest absolute Gasteiger partial charge is 0.463 e. The second kappa shape index (κ2) is 6.24. The number of carbonyl (C=O) groups excluding carboxylic acids is 1. The first-order chi connectivity index (χ1) is 9.10. The van der Waals surface area contributed by atoms with Crippen molar-refractivity contribution in [1.29, 1.82) is 0 Å². The molecule has 1 fully saturated rings. The third kappa shape index (κ3) is 3.60. The monoisotopic (exact) mass is 265 g/mol. The molecule has 1 aromatic rings. The van der Waals surface area contributed by atoms with Gasteiger partial charge in [-0.3, -0.25) is 0 Å². The van der Waals surface area contributed by atoms with Crippen LogP contribution >= 0.6 is 0 Å². The van der Waals surface area contributed by atoms with E-state index in [9.17, 15) is 4.79 Å². The van der Waals surface area contributed by atoms with Gasteiger partial charge in [-0.2, -0.15) is 0 Å². The van der Waals surface area contributed by atoms with Gasteiger partial charge in [0, 0.05) is 6.04 Å². The Labute approximate surface area is 114 Å². The van der Waals surface area contributed by atoms with E-state index in [0.717, 1.165) is 17.6 Å². The number of rotatable bonds is 4. The fraction of sp³-hybridized carbons (Fsp3) is 0.667. The minimum absolute atomic E-state index is 0.268. The summed E-state index contributed by atoms with van der Waals surface area (Å²) in [7, 11) is 1.35. The van der Waals surface area contributed by atoms with Crippen LogP contribution in [0.3, 0.4) is 0 Å². The SMILES string of the molecule is COC(=O)c1ccc(CNC2CCC(C)C(C)C2)o1. The van der Waals surface area contributed by atoms with E-state index >= 15 is 0 Å². The second-order valence-corrected chi connectivity index (χ2v) is 5.60. The molecule has 19 heavy (non-hydrogen) atoms. The van der Waals surface area contributed by atoms with Crippen LogP contribution in [0.15, 0.2) is 16.5 Å². The summed E-state index contributed by atoms with van der Waals surface area (Å²) < 4.78 is 10.1. The number of hydrogen-bond acceptors (Lipinski definition) is 4. The molecule has 1 N–H and O–H groups in total. The maximum Gasteiger partial charge on any atom is 0.373 e. The quantitative estimate of drug-likeness (QED) is 0.850. The van der Waals surface area contributed by atoms with E-state index in [1.54, 1.807) is 6.07 Å². The fourth-order valence-corrected chi connectivity index (χ4v) is 2.66. The molecule has 4 heteroatoms. The average Bonchev–Trinajstić information content (AvgIpc) is 2.88. The summed E-state index contributed by atoms with van der Waals surface area (Å²) in [5.41, 5.74) is 0. The smallest absolute Gasteiger partial charge is 0.373 e. The Morgan fingerprint density at radius 1 is 1.37 bits per heavy atom. The van der Waals surface area contributed by atoms with E-state index in [1.165, 1.54) is 26.4 Å². The molecule has 0 amide bonds. The maximum absolute atomic E-state index is 11.3. The van der Waals surface area contributed by atoms with E-state index in [-0.39, 0.29) is 5.76 Å². The first kappa shape index (κ1) is 14.1. The molecule has 0 aromatic carbocycles. The van der Waals surface area contributed by atoms with Gasteiger partial charge in [0.1, 0.15) is 5.76 Å². The fourth-order valence-electron chi connectivity index (χ4n) is 2.66. The van der Waals surface area contributed by atoms with E-state index in [0.29, 0.717) is 12.6 Å².